The van der Waals surface area contributed by atoms with Gasteiger partial charge in [-0.25, -0.2) is 9.97 Å². The van der Waals surface area contributed by atoms with Crippen LogP contribution >= 0.6 is 23.2 Å². The lowest BCUT2D eigenvalue weighted by atomic mass is 9.73. The van der Waals surface area contributed by atoms with Gasteiger partial charge < -0.3 is 24.4 Å². The van der Waals surface area contributed by atoms with E-state index < -0.39 is 0 Å². The number of halogens is 2. The molecule has 0 bridgehead atoms. The first-order chi connectivity index (χ1) is 25.6. The second-order valence-electron chi connectivity index (χ2n) is 15.1. The van der Waals surface area contributed by atoms with Gasteiger partial charge in [-0.2, -0.15) is 0 Å². The molecule has 1 atom stereocenters. The van der Waals surface area contributed by atoms with Crippen LogP contribution < -0.4 is 19.5 Å². The Kier molecular flexibility index (Phi) is 8.30. The highest BCUT2D eigenvalue weighted by Gasteiger charge is 2.53. The average Bonchev–Trinajstić information content (AvgIpc) is 3.71. The van der Waals surface area contributed by atoms with Crippen molar-refractivity contribution in [3.63, 3.8) is 0 Å². The van der Waals surface area contributed by atoms with Crippen LogP contribution in [0.1, 0.15) is 37.1 Å². The van der Waals surface area contributed by atoms with E-state index in [1.165, 1.54) is 0 Å². The summed E-state index contributed by atoms with van der Waals surface area (Å²) in [7, 11) is 3.21. The number of carbonyl (C=O) groups is 2. The van der Waals surface area contributed by atoms with Crippen molar-refractivity contribution in [2.24, 2.45) is 5.41 Å². The number of fused-ring (bicyclic) bond motifs is 1. The molecule has 0 saturated carbocycles. The van der Waals surface area contributed by atoms with E-state index >= 15 is 0 Å². The van der Waals surface area contributed by atoms with Crippen LogP contribution in [-0.4, -0.2) is 107 Å². The van der Waals surface area contributed by atoms with E-state index in [-0.39, 0.29) is 28.8 Å². The third kappa shape index (κ3) is 5.78. The van der Waals surface area contributed by atoms with Gasteiger partial charge in [0.1, 0.15) is 18.1 Å². The minimum Gasteiger partial charge on any atom is -0.491 e. The number of nitrogens with one attached hydrogen (secondary N) is 1. The lowest BCUT2D eigenvalue weighted by Gasteiger charge is -2.60. The Bertz CT molecular complexity index is 2160. The summed E-state index contributed by atoms with van der Waals surface area (Å²) in [6, 6.07) is 13.5. The van der Waals surface area contributed by atoms with Gasteiger partial charge in [-0.15, -0.1) is 0 Å². The van der Waals surface area contributed by atoms with Crippen LogP contribution in [-0.2, 0) is 16.1 Å². The molecule has 4 fully saturated rings. The summed E-state index contributed by atoms with van der Waals surface area (Å²) in [5.74, 6) is 1.91. The van der Waals surface area contributed by atoms with Crippen molar-refractivity contribution in [2.75, 3.05) is 60.1 Å². The number of rotatable bonds is 8. The fourth-order valence-corrected chi connectivity index (χ4v) is 9.47. The molecule has 14 heteroatoms. The minimum atomic E-state index is -0.134. The number of likely N-dealkylation sites (tertiary alicyclic amines) is 3. The van der Waals surface area contributed by atoms with Gasteiger partial charge in [0.25, 0.3) is 0 Å². The van der Waals surface area contributed by atoms with Crippen molar-refractivity contribution >= 4 is 35.0 Å². The molecular formula is C39H39Cl2N7O5. The van der Waals surface area contributed by atoms with Crippen LogP contribution in [0.4, 0.5) is 0 Å². The molecule has 1 N–H and O–H groups in total. The predicted octanol–water partition coefficient (Wildman–Crippen LogP) is 5.26. The van der Waals surface area contributed by atoms with Crippen molar-refractivity contribution < 1.29 is 23.8 Å². The Balaban J connectivity index is 0.956. The fourth-order valence-electron chi connectivity index (χ4n) is 8.82. The zero-order valence-corrected chi connectivity index (χ0v) is 31.3. The standard InChI is InChI=1S/C39H39Cl2N7O5/c1-22(49)47-18-38(19-47)16-46(17-38)14-29-36(51-2)44-28(13-42-29)26-9-5-7-24(35(26)41)23-6-4-8-25(34(23)40)27-12-31-33(37(43-27)52-3)30(15-53-31)48-20-39(21-48)11-10-32(50)45-39/h4-9,12-13,30H,10-11,14-21H2,1-3H3,(H,45,50). The number of ether oxygens (including phenoxy) is 3. The molecule has 0 aliphatic carbocycles. The van der Waals surface area contributed by atoms with E-state index in [0.29, 0.717) is 69.6 Å². The molecule has 53 heavy (non-hydrogen) atoms. The van der Waals surface area contributed by atoms with Crippen LogP contribution in [0, 0.1) is 5.41 Å². The number of aromatic nitrogens is 3. The van der Waals surface area contributed by atoms with Crippen LogP contribution in [0.5, 0.6) is 17.5 Å². The van der Waals surface area contributed by atoms with Crippen molar-refractivity contribution in [3.05, 3.63) is 70.0 Å². The summed E-state index contributed by atoms with van der Waals surface area (Å²) >= 11 is 14.3. The zero-order chi connectivity index (χ0) is 36.6. The smallest absolute Gasteiger partial charge is 0.237 e. The summed E-state index contributed by atoms with van der Waals surface area (Å²) in [6.07, 6.45) is 3.17. The highest BCUT2D eigenvalue weighted by Crippen LogP contribution is 2.49. The number of benzene rings is 2. The normalized spacial score (nSPS) is 21.0. The molecule has 9 rings (SSSR count). The van der Waals surface area contributed by atoms with Gasteiger partial charge in [0.05, 0.1) is 59.0 Å². The first-order valence-electron chi connectivity index (χ1n) is 17.8. The van der Waals surface area contributed by atoms with Gasteiger partial charge in [0.2, 0.25) is 23.6 Å². The van der Waals surface area contributed by atoms with Crippen LogP contribution in [0.25, 0.3) is 33.6 Å². The van der Waals surface area contributed by atoms with E-state index in [0.717, 1.165) is 68.1 Å². The highest BCUT2D eigenvalue weighted by atomic mass is 35.5. The third-order valence-electron chi connectivity index (χ3n) is 11.4. The topological polar surface area (TPSA) is 122 Å². The van der Waals surface area contributed by atoms with Crippen LogP contribution in [0.15, 0.2) is 48.7 Å². The number of carbonyl (C=O) groups excluding carboxylic acids is 2. The molecule has 2 aromatic heterocycles. The van der Waals surface area contributed by atoms with Crippen molar-refractivity contribution in [2.45, 2.75) is 37.9 Å². The van der Waals surface area contributed by atoms with E-state index in [4.69, 9.17) is 52.4 Å². The number of hydrogen-bond acceptors (Lipinski definition) is 10. The van der Waals surface area contributed by atoms with Crippen LogP contribution in [0.3, 0.4) is 0 Å². The number of methoxy groups -OCH3 is 2. The van der Waals surface area contributed by atoms with Gasteiger partial charge in [-0.3, -0.25) is 24.4 Å². The summed E-state index contributed by atoms with van der Waals surface area (Å²) in [6.45, 7) is 7.73. The number of hydrogen-bond donors (Lipinski definition) is 1. The largest absolute Gasteiger partial charge is 0.491 e. The summed E-state index contributed by atoms with van der Waals surface area (Å²) in [5, 5.41) is 4.13. The Morgan fingerprint density at radius 1 is 0.925 bits per heavy atom. The lowest BCUT2D eigenvalue weighted by molar-refractivity contribution is -0.157. The maximum absolute atomic E-state index is 11.9. The summed E-state index contributed by atoms with van der Waals surface area (Å²) in [5.41, 5.74) is 5.83. The monoisotopic (exact) mass is 755 g/mol. The minimum absolute atomic E-state index is 0.0148. The van der Waals surface area contributed by atoms with Crippen LogP contribution in [0.2, 0.25) is 10.0 Å². The number of nitrogens with zero attached hydrogens (tertiary/aromatic N) is 6. The third-order valence-corrected chi connectivity index (χ3v) is 12.2. The molecule has 2 amide bonds. The number of pyridine rings is 1. The maximum atomic E-state index is 11.9. The average molecular weight is 757 g/mol. The van der Waals surface area contributed by atoms with E-state index in [1.54, 1.807) is 27.3 Å². The first kappa shape index (κ1) is 34.3. The van der Waals surface area contributed by atoms with Gasteiger partial charge >= 0.3 is 0 Å². The summed E-state index contributed by atoms with van der Waals surface area (Å²) in [4.78, 5) is 44.6. The highest BCUT2D eigenvalue weighted by molar-refractivity contribution is 6.39. The van der Waals surface area contributed by atoms with E-state index in [2.05, 4.69) is 15.1 Å². The number of amides is 2. The van der Waals surface area contributed by atoms with Crippen molar-refractivity contribution in [3.8, 4) is 51.2 Å². The molecule has 0 radical (unpaired) electrons. The van der Waals surface area contributed by atoms with Crippen molar-refractivity contribution in [1.29, 1.82) is 0 Å². The Hall–Kier alpha value is -4.49. The molecular weight excluding hydrogens is 717 g/mol. The second-order valence-corrected chi connectivity index (χ2v) is 15.8. The van der Waals surface area contributed by atoms with Gasteiger partial charge in [-0.05, 0) is 6.42 Å². The lowest BCUT2D eigenvalue weighted by Crippen LogP contribution is -2.72. The van der Waals surface area contributed by atoms with Gasteiger partial charge in [-0.1, -0.05) is 59.6 Å². The predicted molar refractivity (Wildman–Crippen MR) is 199 cm³/mol. The molecule has 4 saturated heterocycles. The zero-order valence-electron chi connectivity index (χ0n) is 29.7. The van der Waals surface area contributed by atoms with E-state index in [1.807, 2.05) is 47.4 Å². The van der Waals surface area contributed by atoms with Gasteiger partial charge in [0.15, 0.2) is 0 Å². The molecule has 1 unspecified atom stereocenters. The molecule has 5 aliphatic heterocycles. The quantitative estimate of drug-likeness (QED) is 0.255. The Morgan fingerprint density at radius 2 is 1.57 bits per heavy atom. The molecule has 5 aliphatic rings. The Labute approximate surface area is 317 Å². The summed E-state index contributed by atoms with van der Waals surface area (Å²) < 4.78 is 17.8. The van der Waals surface area contributed by atoms with E-state index in [9.17, 15) is 9.59 Å². The van der Waals surface area contributed by atoms with Gasteiger partial charge in [0, 0.05) is 92.9 Å². The first-order valence-corrected chi connectivity index (χ1v) is 18.6. The SMILES string of the molecule is COc1nc(-c2cccc(-c3cccc(-c4cc5c(c(OC)n4)C(N4CC6(CCC(=O)N6)C4)CO5)c3Cl)c2Cl)cnc1CN1CC2(C1)CN(C(C)=O)C2. The van der Waals surface area contributed by atoms with Crippen molar-refractivity contribution in [1.82, 2.24) is 35.0 Å². The maximum Gasteiger partial charge on any atom is 0.237 e. The molecule has 4 aromatic rings. The second kappa shape index (κ2) is 12.8. The molecule has 2 spiro atoms. The molecule has 12 nitrogen and oxygen atoms in total. The Morgan fingerprint density at radius 3 is 2.19 bits per heavy atom. The molecule has 2 aromatic carbocycles. The molecule has 7 heterocycles. The molecule has 274 valence electrons. The fraction of sp³-hybridized carbons (Fsp3) is 0.410.